The van der Waals surface area contributed by atoms with E-state index in [0.717, 1.165) is 24.5 Å². The molecule has 1 saturated carbocycles. The van der Waals surface area contributed by atoms with Gasteiger partial charge in [0.15, 0.2) is 0 Å². The van der Waals surface area contributed by atoms with Crippen LogP contribution in [0.2, 0.25) is 0 Å². The predicted octanol–water partition coefficient (Wildman–Crippen LogP) is 3.51. The summed E-state index contributed by atoms with van der Waals surface area (Å²) in [7, 11) is 0. The molecule has 1 unspecified atom stereocenters. The second kappa shape index (κ2) is 4.89. The van der Waals surface area contributed by atoms with Gasteiger partial charge in [-0.15, -0.1) is 0 Å². The molecule has 0 bridgehead atoms. The number of aromatic nitrogens is 4. The molecule has 0 spiro atoms. The van der Waals surface area contributed by atoms with Crippen LogP contribution in [0.1, 0.15) is 31.5 Å². The summed E-state index contributed by atoms with van der Waals surface area (Å²) in [5.74, 6) is 1.53. The van der Waals surface area contributed by atoms with Crippen molar-refractivity contribution < 1.29 is 9.13 Å². The van der Waals surface area contributed by atoms with Gasteiger partial charge in [0.25, 0.3) is 0 Å². The first kappa shape index (κ1) is 14.2. The molecule has 5 nitrogen and oxygen atoms in total. The Morgan fingerprint density at radius 2 is 2.08 bits per heavy atom. The molecule has 1 aliphatic carbocycles. The number of nitrogens with zero attached hydrogens (tertiary/aromatic N) is 3. The fraction of sp³-hybridized carbons (Fsp3) is 0.444. The molecule has 2 aliphatic rings. The third kappa shape index (κ3) is 1.95. The van der Waals surface area contributed by atoms with Gasteiger partial charge in [-0.25, -0.2) is 9.37 Å². The molecular weight excluding hydrogens is 307 g/mol. The van der Waals surface area contributed by atoms with Crippen molar-refractivity contribution in [1.29, 1.82) is 0 Å². The van der Waals surface area contributed by atoms with Gasteiger partial charge in [0.1, 0.15) is 11.5 Å². The zero-order valence-electron chi connectivity index (χ0n) is 13.7. The van der Waals surface area contributed by atoms with Crippen LogP contribution in [0.25, 0.3) is 22.3 Å². The zero-order valence-corrected chi connectivity index (χ0v) is 13.7. The second-order valence-corrected chi connectivity index (χ2v) is 7.14. The third-order valence-corrected chi connectivity index (χ3v) is 5.32. The van der Waals surface area contributed by atoms with Crippen molar-refractivity contribution in [3.05, 3.63) is 36.0 Å². The fourth-order valence-corrected chi connectivity index (χ4v) is 4.00. The van der Waals surface area contributed by atoms with E-state index in [1.165, 1.54) is 11.9 Å². The van der Waals surface area contributed by atoms with Crippen molar-refractivity contribution in [2.45, 2.75) is 25.8 Å². The molecule has 6 heteroatoms. The Hall–Kier alpha value is -2.21. The van der Waals surface area contributed by atoms with E-state index in [9.17, 15) is 4.39 Å². The average Bonchev–Trinajstić information content (AvgIpc) is 3.02. The molecule has 0 radical (unpaired) electrons. The van der Waals surface area contributed by atoms with Gasteiger partial charge in [-0.3, -0.25) is 4.68 Å². The Kier molecular flexibility index (Phi) is 2.89. The number of ether oxygens (including phenoxy) is 1. The summed E-state index contributed by atoms with van der Waals surface area (Å²) in [5, 5.41) is 5.30. The quantitative estimate of drug-likeness (QED) is 0.801. The molecule has 124 valence electrons. The van der Waals surface area contributed by atoms with Crippen molar-refractivity contribution >= 4 is 11.0 Å². The highest BCUT2D eigenvalue weighted by Crippen LogP contribution is 2.58. The number of pyridine rings is 1. The van der Waals surface area contributed by atoms with Gasteiger partial charge in [-0.1, -0.05) is 0 Å². The van der Waals surface area contributed by atoms with Gasteiger partial charge in [0.2, 0.25) is 0 Å². The number of nitrogens with one attached hydrogen (secondary N) is 1. The third-order valence-electron chi connectivity index (χ3n) is 5.32. The van der Waals surface area contributed by atoms with Crippen LogP contribution in [-0.2, 0) is 4.74 Å². The lowest BCUT2D eigenvalue weighted by Gasteiger charge is -2.12. The van der Waals surface area contributed by atoms with E-state index in [-0.39, 0.29) is 11.9 Å². The molecule has 24 heavy (non-hydrogen) atoms. The first-order valence-corrected chi connectivity index (χ1v) is 8.43. The monoisotopic (exact) mass is 326 g/mol. The highest BCUT2D eigenvalue weighted by Gasteiger charge is 2.56. The van der Waals surface area contributed by atoms with E-state index in [4.69, 9.17) is 9.84 Å². The van der Waals surface area contributed by atoms with E-state index in [0.29, 0.717) is 28.8 Å². The molecule has 4 heterocycles. The Morgan fingerprint density at radius 1 is 1.29 bits per heavy atom. The van der Waals surface area contributed by atoms with Crippen LogP contribution in [0.4, 0.5) is 4.39 Å². The summed E-state index contributed by atoms with van der Waals surface area (Å²) in [5.41, 5.74) is 3.55. The molecular formula is C18H19FN4O. The Bertz CT molecular complexity index is 918. The predicted molar refractivity (Wildman–Crippen MR) is 88.2 cm³/mol. The Balaban J connectivity index is 1.58. The van der Waals surface area contributed by atoms with E-state index < -0.39 is 0 Å². The number of rotatable bonds is 3. The number of hydrogen-bond donors (Lipinski definition) is 1. The van der Waals surface area contributed by atoms with Gasteiger partial charge >= 0.3 is 0 Å². The minimum Gasteiger partial charge on any atom is -0.381 e. The summed E-state index contributed by atoms with van der Waals surface area (Å²) >= 11 is 0. The van der Waals surface area contributed by atoms with E-state index in [1.54, 1.807) is 6.20 Å². The van der Waals surface area contributed by atoms with E-state index >= 15 is 0 Å². The van der Waals surface area contributed by atoms with Gasteiger partial charge < -0.3 is 9.72 Å². The molecule has 3 aromatic heterocycles. The number of fused-ring (bicyclic) bond motifs is 2. The smallest absolute Gasteiger partial charge is 0.150 e. The fourth-order valence-electron chi connectivity index (χ4n) is 4.00. The zero-order chi connectivity index (χ0) is 16.4. The standard InChI is InChI=1S/C18H19FN4O/c1-9(2)23-16(17-12-7-24-8-13(12)17)4-15(22-23)10-3-11-14(19)6-21-18(11)20-5-10/h3-6,9,12-13,17H,7-8H2,1-2H3,(H,20,21)/t12-,13+,17?. The average molecular weight is 326 g/mol. The molecule has 0 aromatic carbocycles. The van der Waals surface area contributed by atoms with Crippen LogP contribution in [0.3, 0.4) is 0 Å². The molecule has 1 saturated heterocycles. The van der Waals surface area contributed by atoms with Crippen molar-refractivity contribution in [3.8, 4) is 11.3 Å². The summed E-state index contributed by atoms with van der Waals surface area (Å²) in [6.45, 7) is 6.00. The van der Waals surface area contributed by atoms with E-state index in [1.807, 2.05) is 6.07 Å². The molecule has 5 rings (SSSR count). The van der Waals surface area contributed by atoms with Crippen LogP contribution in [0.15, 0.2) is 24.5 Å². The maximum atomic E-state index is 13.8. The summed E-state index contributed by atoms with van der Waals surface area (Å²) in [6, 6.07) is 4.26. The van der Waals surface area contributed by atoms with Gasteiger partial charge in [0.05, 0.1) is 24.3 Å². The molecule has 3 aromatic rings. The Morgan fingerprint density at radius 3 is 2.83 bits per heavy atom. The number of halogens is 1. The van der Waals surface area contributed by atoms with Gasteiger partial charge in [0, 0.05) is 35.6 Å². The summed E-state index contributed by atoms with van der Waals surface area (Å²) < 4.78 is 21.5. The van der Waals surface area contributed by atoms with Crippen molar-refractivity contribution in [2.24, 2.45) is 11.8 Å². The topological polar surface area (TPSA) is 55.7 Å². The largest absolute Gasteiger partial charge is 0.381 e. The van der Waals surface area contributed by atoms with Crippen molar-refractivity contribution in [3.63, 3.8) is 0 Å². The minimum absolute atomic E-state index is 0.281. The number of hydrogen-bond acceptors (Lipinski definition) is 3. The molecule has 2 fully saturated rings. The summed E-state index contributed by atoms with van der Waals surface area (Å²) in [6.07, 6.45) is 3.09. The van der Waals surface area contributed by atoms with Crippen LogP contribution < -0.4 is 0 Å². The second-order valence-electron chi connectivity index (χ2n) is 7.14. The lowest BCUT2D eigenvalue weighted by Crippen LogP contribution is -2.09. The summed E-state index contributed by atoms with van der Waals surface area (Å²) in [4.78, 5) is 7.15. The van der Waals surface area contributed by atoms with Crippen LogP contribution in [-0.4, -0.2) is 33.0 Å². The first-order valence-electron chi connectivity index (χ1n) is 8.43. The van der Waals surface area contributed by atoms with Crippen LogP contribution >= 0.6 is 0 Å². The number of H-pyrrole nitrogens is 1. The first-order chi connectivity index (χ1) is 11.6. The van der Waals surface area contributed by atoms with Crippen LogP contribution in [0.5, 0.6) is 0 Å². The SMILES string of the molecule is CC(C)n1nc(-c2cnc3[nH]cc(F)c3c2)cc1C1[C@H]2COC[C@@H]12. The van der Waals surface area contributed by atoms with Gasteiger partial charge in [-0.2, -0.15) is 5.10 Å². The lowest BCUT2D eigenvalue weighted by atomic mass is 10.1. The van der Waals surface area contributed by atoms with Crippen molar-refractivity contribution in [1.82, 2.24) is 19.7 Å². The van der Waals surface area contributed by atoms with Crippen LogP contribution in [0, 0.1) is 17.7 Å². The minimum atomic E-state index is -0.281. The highest BCUT2D eigenvalue weighted by molar-refractivity contribution is 5.81. The van der Waals surface area contributed by atoms with Gasteiger partial charge in [-0.05, 0) is 37.8 Å². The maximum absolute atomic E-state index is 13.8. The maximum Gasteiger partial charge on any atom is 0.150 e. The molecule has 1 N–H and O–H groups in total. The highest BCUT2D eigenvalue weighted by atomic mass is 19.1. The molecule has 3 atom stereocenters. The van der Waals surface area contributed by atoms with Crippen molar-refractivity contribution in [2.75, 3.05) is 13.2 Å². The molecule has 1 aliphatic heterocycles. The lowest BCUT2D eigenvalue weighted by molar-refractivity contribution is 0.159. The molecule has 0 amide bonds. The van der Waals surface area contributed by atoms with E-state index in [2.05, 4.69) is 34.6 Å². The number of aromatic amines is 1. The normalized spacial score (nSPS) is 25.6. The Labute approximate surface area is 138 Å².